The van der Waals surface area contributed by atoms with Gasteiger partial charge >= 0.3 is 18.0 Å². The van der Waals surface area contributed by atoms with Gasteiger partial charge in [-0.1, -0.05) is 68.4 Å². The Balaban J connectivity index is 1.48. The van der Waals surface area contributed by atoms with Crippen molar-refractivity contribution in [2.75, 3.05) is 13.1 Å². The van der Waals surface area contributed by atoms with Gasteiger partial charge < -0.3 is 24.6 Å². The average Bonchev–Trinajstić information content (AvgIpc) is 2.98. The molecule has 0 spiro atoms. The van der Waals surface area contributed by atoms with Gasteiger partial charge in [0, 0.05) is 13.3 Å². The molecule has 2 atom stereocenters. The summed E-state index contributed by atoms with van der Waals surface area (Å²) in [6, 6.07) is 22.3. The average molecular weight is 636 g/mol. The van der Waals surface area contributed by atoms with E-state index in [-0.39, 0.29) is 24.4 Å². The fraction of sp³-hybridized carbons (Fsp3) is 0.312. The number of benzene rings is 3. The predicted octanol–water partition coefficient (Wildman–Crippen LogP) is 3.80. The van der Waals surface area contributed by atoms with Gasteiger partial charge in [0.15, 0.2) is 5.60 Å². The molecule has 0 bridgehead atoms. The van der Waals surface area contributed by atoms with Crippen LogP contribution in [0.4, 0.5) is 4.79 Å². The summed E-state index contributed by atoms with van der Waals surface area (Å²) in [5.74, 6) is -2.09. The van der Waals surface area contributed by atoms with Crippen molar-refractivity contribution in [3.8, 4) is 11.8 Å². The zero-order valence-corrected chi connectivity index (χ0v) is 25.7. The molecule has 0 radical (unpaired) electrons. The summed E-state index contributed by atoms with van der Waals surface area (Å²) in [7, 11) is -4.05. The standard InChI is InChI=1S/C32H33N3O9S/c1-21(2)30(38)42-22(3)43-31(39)34-27(29(36)37)17-23-10-9-14-26(16-23)45(40,41)35-19-32(20-35,25-12-5-4-6-13-25)44-28-15-8-7-11-24(28)18-33/h4-16,21-22,27H,17,19-20H2,1-3H3,(H,34,39)(H,36,37). The SMILES string of the molecule is CC(OC(=O)NC(Cc1cccc(S(=O)(=O)N2CC(Oc3ccccc3C#N)(c3ccccc3)C2)c1)C(=O)O)OC(=O)C(C)C. The van der Waals surface area contributed by atoms with Gasteiger partial charge in [0.2, 0.25) is 16.3 Å². The van der Waals surface area contributed by atoms with Gasteiger partial charge in [-0.25, -0.2) is 18.0 Å². The van der Waals surface area contributed by atoms with Gasteiger partial charge in [-0.2, -0.15) is 9.57 Å². The summed E-state index contributed by atoms with van der Waals surface area (Å²) < 4.78 is 44.9. The molecule has 1 aliphatic rings. The quantitative estimate of drug-likeness (QED) is 0.220. The maximum atomic E-state index is 13.7. The molecule has 4 rings (SSSR count). The lowest BCUT2D eigenvalue weighted by Gasteiger charge is -2.49. The number of aliphatic carboxylic acids is 1. The first-order chi connectivity index (χ1) is 21.3. The largest absolute Gasteiger partial charge is 0.480 e. The smallest absolute Gasteiger partial charge is 0.410 e. The molecule has 1 amide bonds. The van der Waals surface area contributed by atoms with Crippen LogP contribution in [0.15, 0.2) is 83.8 Å². The molecule has 13 heteroatoms. The van der Waals surface area contributed by atoms with Crippen molar-refractivity contribution in [2.45, 2.75) is 50.0 Å². The number of hydrogen-bond acceptors (Lipinski definition) is 9. The number of hydrogen-bond donors (Lipinski definition) is 2. The molecule has 12 nitrogen and oxygen atoms in total. The lowest BCUT2D eigenvalue weighted by molar-refractivity contribution is -0.169. The van der Waals surface area contributed by atoms with E-state index in [4.69, 9.17) is 14.2 Å². The molecule has 2 unspecified atom stereocenters. The van der Waals surface area contributed by atoms with Crippen molar-refractivity contribution in [2.24, 2.45) is 5.92 Å². The third-order valence-corrected chi connectivity index (χ3v) is 8.86. The Bertz CT molecular complexity index is 1700. The number of para-hydroxylation sites is 1. The van der Waals surface area contributed by atoms with Crippen molar-refractivity contribution >= 4 is 28.1 Å². The summed E-state index contributed by atoms with van der Waals surface area (Å²) in [6.45, 7) is 4.46. The fourth-order valence-corrected chi connectivity index (χ4v) is 6.27. The second-order valence-electron chi connectivity index (χ2n) is 10.8. The first-order valence-corrected chi connectivity index (χ1v) is 15.5. The second kappa shape index (κ2) is 13.8. The van der Waals surface area contributed by atoms with E-state index < -0.39 is 51.9 Å². The maximum Gasteiger partial charge on any atom is 0.410 e. The van der Waals surface area contributed by atoms with E-state index in [9.17, 15) is 33.2 Å². The molecule has 1 aliphatic heterocycles. The monoisotopic (exact) mass is 635 g/mol. The number of carbonyl (C=O) groups is 3. The molecule has 3 aromatic carbocycles. The molecule has 1 fully saturated rings. The Hall–Kier alpha value is -4.93. The molecule has 1 saturated heterocycles. The van der Waals surface area contributed by atoms with Crippen LogP contribution in [-0.2, 0) is 41.1 Å². The molecule has 45 heavy (non-hydrogen) atoms. The number of esters is 1. The van der Waals surface area contributed by atoms with Gasteiger partial charge in [-0.15, -0.1) is 0 Å². The normalized spacial score (nSPS) is 15.5. The third-order valence-electron chi connectivity index (χ3n) is 7.07. The minimum Gasteiger partial charge on any atom is -0.480 e. The molecule has 0 aliphatic carbocycles. The fourth-order valence-electron chi connectivity index (χ4n) is 4.67. The Morgan fingerprint density at radius 3 is 2.29 bits per heavy atom. The first-order valence-electron chi connectivity index (χ1n) is 14.1. The van der Waals surface area contributed by atoms with Crippen molar-refractivity contribution in [1.82, 2.24) is 9.62 Å². The van der Waals surface area contributed by atoms with Gasteiger partial charge in [-0.05, 0) is 35.4 Å². The highest BCUT2D eigenvalue weighted by Crippen LogP contribution is 2.40. The zero-order chi connectivity index (χ0) is 32.8. The molecular formula is C32H33N3O9S. The van der Waals surface area contributed by atoms with E-state index in [0.717, 1.165) is 5.56 Å². The summed E-state index contributed by atoms with van der Waals surface area (Å²) >= 11 is 0. The van der Waals surface area contributed by atoms with E-state index in [1.165, 1.54) is 29.4 Å². The second-order valence-corrected chi connectivity index (χ2v) is 12.7. The molecule has 236 valence electrons. The molecule has 3 aromatic rings. The highest BCUT2D eigenvalue weighted by atomic mass is 32.2. The minimum atomic E-state index is -4.05. The number of ether oxygens (including phenoxy) is 3. The summed E-state index contributed by atoms with van der Waals surface area (Å²) in [5.41, 5.74) is 0.349. The molecule has 0 aromatic heterocycles. The van der Waals surface area contributed by atoms with Crippen LogP contribution in [-0.4, -0.2) is 61.3 Å². The van der Waals surface area contributed by atoms with E-state index in [1.807, 2.05) is 30.3 Å². The molecule has 2 N–H and O–H groups in total. The third kappa shape index (κ3) is 7.78. The lowest BCUT2D eigenvalue weighted by atomic mass is 9.87. The molecule has 1 heterocycles. The number of alkyl carbamates (subject to hydrolysis) is 1. The predicted molar refractivity (Wildman–Crippen MR) is 160 cm³/mol. The van der Waals surface area contributed by atoms with Gasteiger partial charge in [-0.3, -0.25) is 4.79 Å². The van der Waals surface area contributed by atoms with Gasteiger partial charge in [0.1, 0.15) is 17.9 Å². The van der Waals surface area contributed by atoms with Crippen LogP contribution >= 0.6 is 0 Å². The van der Waals surface area contributed by atoms with Crippen LogP contribution in [0, 0.1) is 17.2 Å². The van der Waals surface area contributed by atoms with Crippen LogP contribution in [0.1, 0.15) is 37.5 Å². The maximum absolute atomic E-state index is 13.7. The molecular weight excluding hydrogens is 602 g/mol. The van der Waals surface area contributed by atoms with Gasteiger partial charge in [0.25, 0.3) is 0 Å². The number of sulfonamides is 1. The van der Waals surface area contributed by atoms with Crippen molar-refractivity contribution < 1.29 is 42.1 Å². The Morgan fingerprint density at radius 2 is 1.64 bits per heavy atom. The zero-order valence-electron chi connectivity index (χ0n) is 24.9. The number of carbonyl (C=O) groups excluding carboxylic acids is 2. The molecule has 0 saturated carbocycles. The van der Waals surface area contributed by atoms with Crippen LogP contribution in [0.2, 0.25) is 0 Å². The summed E-state index contributed by atoms with van der Waals surface area (Å²) in [6.07, 6.45) is -2.62. The van der Waals surface area contributed by atoms with Crippen LogP contribution in [0.3, 0.4) is 0 Å². The highest BCUT2D eigenvalue weighted by molar-refractivity contribution is 7.89. The minimum absolute atomic E-state index is 0.0337. The summed E-state index contributed by atoms with van der Waals surface area (Å²) in [5, 5.41) is 21.5. The summed E-state index contributed by atoms with van der Waals surface area (Å²) in [4.78, 5) is 35.9. The van der Waals surface area contributed by atoms with Crippen LogP contribution in [0.5, 0.6) is 5.75 Å². The number of amides is 1. The van der Waals surface area contributed by atoms with E-state index in [0.29, 0.717) is 16.9 Å². The van der Waals surface area contributed by atoms with Crippen molar-refractivity contribution in [3.05, 3.63) is 95.6 Å². The van der Waals surface area contributed by atoms with Gasteiger partial charge in [0.05, 0.1) is 29.5 Å². The van der Waals surface area contributed by atoms with E-state index in [2.05, 4.69) is 11.4 Å². The van der Waals surface area contributed by atoms with E-state index >= 15 is 0 Å². The number of nitrogens with zero attached hydrogens (tertiary/aromatic N) is 2. The van der Waals surface area contributed by atoms with Crippen LogP contribution < -0.4 is 10.1 Å². The number of rotatable bonds is 12. The van der Waals surface area contributed by atoms with Crippen molar-refractivity contribution in [3.63, 3.8) is 0 Å². The highest BCUT2D eigenvalue weighted by Gasteiger charge is 2.52. The number of nitrogens with one attached hydrogen (secondary N) is 1. The van der Waals surface area contributed by atoms with Crippen molar-refractivity contribution in [1.29, 1.82) is 5.26 Å². The number of nitriles is 1. The number of carboxylic acids is 1. The Morgan fingerprint density at radius 1 is 0.978 bits per heavy atom. The Labute approximate surface area is 261 Å². The number of carboxylic acid groups (broad SMARTS) is 1. The Kier molecular flexibility index (Phi) is 10.1. The lowest BCUT2D eigenvalue weighted by Crippen LogP contribution is -2.64. The van der Waals surface area contributed by atoms with Crippen LogP contribution in [0.25, 0.3) is 0 Å². The topological polar surface area (TPSA) is 172 Å². The van der Waals surface area contributed by atoms with E-state index in [1.54, 1.807) is 44.2 Å². The first kappa shape index (κ1) is 33.0.